The lowest BCUT2D eigenvalue weighted by Crippen LogP contribution is -2.25. The molecule has 3 aromatic rings. The molecule has 2 N–H and O–H groups in total. The van der Waals surface area contributed by atoms with Gasteiger partial charge in [-0.1, -0.05) is 36.4 Å². The number of benzene rings is 3. The van der Waals surface area contributed by atoms with Crippen LogP contribution in [0.25, 0.3) is 0 Å². The van der Waals surface area contributed by atoms with E-state index in [0.717, 1.165) is 6.07 Å². The first-order valence-electron chi connectivity index (χ1n) is 8.66. The number of hydrogen-bond donors (Lipinski definition) is 2. The van der Waals surface area contributed by atoms with Gasteiger partial charge in [-0.05, 0) is 53.6 Å². The summed E-state index contributed by atoms with van der Waals surface area (Å²) in [5.74, 6) is -1.58. The summed E-state index contributed by atoms with van der Waals surface area (Å²) < 4.78 is 18.4. The Labute approximate surface area is 166 Å². The Morgan fingerprint density at radius 2 is 1.72 bits per heavy atom. The Morgan fingerprint density at radius 1 is 1.00 bits per heavy atom. The van der Waals surface area contributed by atoms with Crippen molar-refractivity contribution in [1.82, 2.24) is 5.43 Å². The third-order valence-corrected chi connectivity index (χ3v) is 3.90. The highest BCUT2D eigenvalue weighted by Crippen LogP contribution is 2.15. The van der Waals surface area contributed by atoms with Crippen LogP contribution in [-0.2, 0) is 4.79 Å². The molecule has 1 amide bonds. The number of carbonyl (C=O) groups is 2. The van der Waals surface area contributed by atoms with Crippen molar-refractivity contribution in [3.05, 3.63) is 101 Å². The molecule has 0 aliphatic rings. The Bertz CT molecular complexity index is 1020. The van der Waals surface area contributed by atoms with Crippen molar-refractivity contribution in [1.29, 1.82) is 0 Å². The third kappa shape index (κ3) is 5.57. The number of nitrogens with one attached hydrogen (secondary N) is 1. The molecule has 146 valence electrons. The van der Waals surface area contributed by atoms with Crippen LogP contribution in [-0.4, -0.2) is 23.2 Å². The van der Waals surface area contributed by atoms with Gasteiger partial charge in [-0.2, -0.15) is 5.10 Å². The molecular weight excluding hydrogens is 375 g/mol. The number of esters is 1. The van der Waals surface area contributed by atoms with Crippen LogP contribution in [0.3, 0.4) is 0 Å². The summed E-state index contributed by atoms with van der Waals surface area (Å²) in [5, 5.41) is 13.8. The molecule has 0 saturated carbocycles. The van der Waals surface area contributed by atoms with E-state index in [1.807, 2.05) is 0 Å². The topological polar surface area (TPSA) is 88.0 Å². The summed E-state index contributed by atoms with van der Waals surface area (Å²) in [5.41, 5.74) is 3.46. The van der Waals surface area contributed by atoms with Gasteiger partial charge in [0.05, 0.1) is 11.8 Å². The van der Waals surface area contributed by atoms with E-state index in [2.05, 4.69) is 10.5 Å². The number of aliphatic hydroxyl groups excluding tert-OH is 1. The number of hydrogen-bond acceptors (Lipinski definition) is 5. The van der Waals surface area contributed by atoms with Gasteiger partial charge in [0.25, 0.3) is 5.91 Å². The minimum Gasteiger partial charge on any atom is -0.423 e. The molecule has 0 fully saturated rings. The highest BCUT2D eigenvalue weighted by Gasteiger charge is 2.16. The standard InChI is InChI=1S/C22H17FN2O4/c23-18-8-4-7-17(13-18)22(28)29-19-11-9-15(10-12-19)14-24-25-21(27)20(26)16-5-2-1-3-6-16/h1-14,20,26H,(H,25,27)/b24-14-/t20-/m0/s1. The molecule has 0 heterocycles. The minimum absolute atomic E-state index is 0.107. The van der Waals surface area contributed by atoms with Crippen molar-refractivity contribution in [2.75, 3.05) is 0 Å². The molecule has 0 aliphatic carbocycles. The fourth-order valence-corrected chi connectivity index (χ4v) is 2.42. The molecule has 3 rings (SSSR count). The van der Waals surface area contributed by atoms with E-state index >= 15 is 0 Å². The Hall–Kier alpha value is -3.84. The van der Waals surface area contributed by atoms with E-state index in [0.29, 0.717) is 11.1 Å². The van der Waals surface area contributed by atoms with Crippen molar-refractivity contribution in [3.8, 4) is 5.75 Å². The monoisotopic (exact) mass is 392 g/mol. The van der Waals surface area contributed by atoms with Crippen LogP contribution in [0.2, 0.25) is 0 Å². The quantitative estimate of drug-likeness (QED) is 0.292. The molecule has 3 aromatic carbocycles. The number of ether oxygens (including phenoxy) is 1. The summed E-state index contributed by atoms with van der Waals surface area (Å²) in [6.45, 7) is 0. The van der Waals surface area contributed by atoms with Crippen LogP contribution in [0, 0.1) is 5.82 Å². The average Bonchev–Trinajstić information content (AvgIpc) is 2.75. The van der Waals surface area contributed by atoms with E-state index < -0.39 is 23.8 Å². The highest BCUT2D eigenvalue weighted by atomic mass is 19.1. The van der Waals surface area contributed by atoms with E-state index in [-0.39, 0.29) is 11.3 Å². The molecular formula is C22H17FN2O4. The highest BCUT2D eigenvalue weighted by molar-refractivity contribution is 5.91. The first-order valence-corrected chi connectivity index (χ1v) is 8.66. The zero-order valence-electron chi connectivity index (χ0n) is 15.2. The SMILES string of the molecule is O=C(Oc1ccc(/C=N\NC(=O)[C@@H](O)c2ccccc2)cc1)c1cccc(F)c1. The first-order chi connectivity index (χ1) is 14.0. The summed E-state index contributed by atoms with van der Waals surface area (Å²) >= 11 is 0. The van der Waals surface area contributed by atoms with Gasteiger partial charge < -0.3 is 9.84 Å². The van der Waals surface area contributed by atoms with Crippen LogP contribution in [0.5, 0.6) is 5.75 Å². The first kappa shape index (κ1) is 19.9. The zero-order chi connectivity index (χ0) is 20.6. The van der Waals surface area contributed by atoms with Crippen molar-refractivity contribution >= 4 is 18.1 Å². The second-order valence-electron chi connectivity index (χ2n) is 6.02. The van der Waals surface area contributed by atoms with Crippen LogP contribution in [0.15, 0.2) is 84.0 Å². The number of nitrogens with zero attached hydrogens (tertiary/aromatic N) is 1. The van der Waals surface area contributed by atoms with E-state index in [1.54, 1.807) is 54.6 Å². The molecule has 0 saturated heterocycles. The van der Waals surface area contributed by atoms with Gasteiger partial charge in [0.15, 0.2) is 6.10 Å². The fourth-order valence-electron chi connectivity index (χ4n) is 2.42. The second-order valence-corrected chi connectivity index (χ2v) is 6.02. The van der Waals surface area contributed by atoms with Gasteiger partial charge in [-0.3, -0.25) is 4.79 Å². The van der Waals surface area contributed by atoms with Crippen LogP contribution < -0.4 is 10.2 Å². The summed E-state index contributed by atoms with van der Waals surface area (Å²) in [6, 6.07) is 20.0. The fraction of sp³-hybridized carbons (Fsp3) is 0.0455. The Morgan fingerprint density at radius 3 is 2.41 bits per heavy atom. The third-order valence-electron chi connectivity index (χ3n) is 3.90. The summed E-state index contributed by atoms with van der Waals surface area (Å²) in [6.07, 6.45) is 0.0614. The summed E-state index contributed by atoms with van der Waals surface area (Å²) in [4.78, 5) is 23.9. The van der Waals surface area contributed by atoms with E-state index in [4.69, 9.17) is 4.74 Å². The smallest absolute Gasteiger partial charge is 0.343 e. The molecule has 0 radical (unpaired) electrons. The number of hydrazone groups is 1. The number of carbonyl (C=O) groups excluding carboxylic acids is 2. The predicted octanol–water partition coefficient (Wildman–Crippen LogP) is 3.23. The normalized spacial score (nSPS) is 11.8. The zero-order valence-corrected chi connectivity index (χ0v) is 15.2. The molecule has 0 aromatic heterocycles. The molecule has 0 aliphatic heterocycles. The van der Waals surface area contributed by atoms with Crippen molar-refractivity contribution in [2.24, 2.45) is 5.10 Å². The van der Waals surface area contributed by atoms with Gasteiger partial charge >= 0.3 is 5.97 Å². The lowest BCUT2D eigenvalue weighted by atomic mass is 10.1. The Balaban J connectivity index is 1.55. The molecule has 0 unspecified atom stereocenters. The lowest BCUT2D eigenvalue weighted by molar-refractivity contribution is -0.129. The van der Waals surface area contributed by atoms with Gasteiger partial charge in [0, 0.05) is 0 Å². The molecule has 7 heteroatoms. The number of halogens is 1. The maximum Gasteiger partial charge on any atom is 0.343 e. The summed E-state index contributed by atoms with van der Waals surface area (Å²) in [7, 11) is 0. The van der Waals surface area contributed by atoms with Crippen LogP contribution >= 0.6 is 0 Å². The minimum atomic E-state index is -1.32. The molecule has 6 nitrogen and oxygen atoms in total. The van der Waals surface area contributed by atoms with Gasteiger partial charge in [0.1, 0.15) is 11.6 Å². The number of rotatable bonds is 6. The van der Waals surface area contributed by atoms with Crippen molar-refractivity contribution in [2.45, 2.75) is 6.10 Å². The average molecular weight is 392 g/mol. The Kier molecular flexibility index (Phi) is 6.44. The molecule has 0 bridgehead atoms. The maximum absolute atomic E-state index is 13.2. The lowest BCUT2D eigenvalue weighted by Gasteiger charge is -2.08. The molecule has 1 atom stereocenters. The molecule has 0 spiro atoms. The van der Waals surface area contributed by atoms with E-state index in [1.165, 1.54) is 24.4 Å². The van der Waals surface area contributed by atoms with Gasteiger partial charge in [0.2, 0.25) is 0 Å². The van der Waals surface area contributed by atoms with Crippen LogP contribution in [0.4, 0.5) is 4.39 Å². The van der Waals surface area contributed by atoms with Gasteiger partial charge in [-0.15, -0.1) is 0 Å². The van der Waals surface area contributed by atoms with Crippen LogP contribution in [0.1, 0.15) is 27.6 Å². The van der Waals surface area contributed by atoms with Gasteiger partial charge in [-0.25, -0.2) is 14.6 Å². The predicted molar refractivity (Wildman–Crippen MR) is 105 cm³/mol. The maximum atomic E-state index is 13.2. The second kappa shape index (κ2) is 9.38. The van der Waals surface area contributed by atoms with E-state index in [9.17, 15) is 19.1 Å². The number of amides is 1. The largest absolute Gasteiger partial charge is 0.423 e. The van der Waals surface area contributed by atoms with Crippen molar-refractivity contribution < 1.29 is 23.8 Å². The molecule has 29 heavy (non-hydrogen) atoms. The number of aliphatic hydroxyl groups is 1. The van der Waals surface area contributed by atoms with Crippen molar-refractivity contribution in [3.63, 3.8) is 0 Å².